The molecule has 28 heavy (non-hydrogen) atoms. The fourth-order valence-corrected chi connectivity index (χ4v) is 3.77. The fourth-order valence-electron chi connectivity index (χ4n) is 3.77. The standard InChI is InChI=1S/C23H26N4O/c1-26-13-14-27(15-18-7-3-2-4-8-18)17-20(16-26)24-23(28)22-12-11-19-9-5-6-10-21(19)25-22/h2-12,20H,13-17H2,1H3,(H,24,28). The fraction of sp³-hybridized carbons (Fsp3) is 0.304. The van der Waals surface area contributed by atoms with Gasteiger partial charge in [-0.3, -0.25) is 9.69 Å². The van der Waals surface area contributed by atoms with Crippen molar-refractivity contribution < 1.29 is 4.79 Å². The van der Waals surface area contributed by atoms with E-state index in [-0.39, 0.29) is 11.9 Å². The summed E-state index contributed by atoms with van der Waals surface area (Å²) in [4.78, 5) is 22.1. The Kier molecular flexibility index (Phi) is 5.65. The summed E-state index contributed by atoms with van der Waals surface area (Å²) in [5.74, 6) is -0.106. The lowest BCUT2D eigenvalue weighted by Gasteiger charge is -2.24. The number of para-hydroxylation sites is 1. The molecule has 0 saturated carbocycles. The first-order chi connectivity index (χ1) is 13.7. The van der Waals surface area contributed by atoms with Gasteiger partial charge in [0.15, 0.2) is 0 Å². The molecule has 5 heteroatoms. The molecule has 4 rings (SSSR count). The lowest BCUT2D eigenvalue weighted by molar-refractivity contribution is 0.0919. The van der Waals surface area contributed by atoms with Gasteiger partial charge >= 0.3 is 0 Å². The third-order valence-corrected chi connectivity index (χ3v) is 5.22. The van der Waals surface area contributed by atoms with Gasteiger partial charge in [0.25, 0.3) is 5.91 Å². The Morgan fingerprint density at radius 2 is 1.79 bits per heavy atom. The smallest absolute Gasteiger partial charge is 0.270 e. The average Bonchev–Trinajstić information content (AvgIpc) is 2.89. The molecule has 144 valence electrons. The van der Waals surface area contributed by atoms with E-state index in [1.165, 1.54) is 5.56 Å². The van der Waals surface area contributed by atoms with Gasteiger partial charge in [0.2, 0.25) is 0 Å². The van der Waals surface area contributed by atoms with Crippen LogP contribution in [0.2, 0.25) is 0 Å². The summed E-state index contributed by atoms with van der Waals surface area (Å²) in [7, 11) is 2.11. The van der Waals surface area contributed by atoms with Gasteiger partial charge in [-0.25, -0.2) is 4.98 Å². The summed E-state index contributed by atoms with van der Waals surface area (Å²) in [6, 6.07) is 22.2. The number of fused-ring (bicyclic) bond motifs is 1. The summed E-state index contributed by atoms with van der Waals surface area (Å²) < 4.78 is 0. The Morgan fingerprint density at radius 1 is 1.00 bits per heavy atom. The van der Waals surface area contributed by atoms with Crippen LogP contribution in [0.1, 0.15) is 16.1 Å². The number of amides is 1. The van der Waals surface area contributed by atoms with Gasteiger partial charge in [0.1, 0.15) is 5.69 Å². The molecule has 1 saturated heterocycles. The molecule has 1 unspecified atom stereocenters. The molecule has 2 aromatic carbocycles. The van der Waals surface area contributed by atoms with Crippen molar-refractivity contribution in [3.05, 3.63) is 78.0 Å². The first kappa shape index (κ1) is 18.6. The van der Waals surface area contributed by atoms with Crippen LogP contribution in [0, 0.1) is 0 Å². The van der Waals surface area contributed by atoms with Gasteiger partial charge in [-0.2, -0.15) is 0 Å². The minimum Gasteiger partial charge on any atom is -0.345 e. The molecular weight excluding hydrogens is 348 g/mol. The van der Waals surface area contributed by atoms with E-state index in [1.807, 2.05) is 36.4 Å². The predicted molar refractivity (Wildman–Crippen MR) is 112 cm³/mol. The molecule has 0 aliphatic carbocycles. The molecule has 1 N–H and O–H groups in total. The molecular formula is C23H26N4O. The number of nitrogens with one attached hydrogen (secondary N) is 1. The Hall–Kier alpha value is -2.76. The van der Waals surface area contributed by atoms with Crippen molar-refractivity contribution in [2.24, 2.45) is 0 Å². The Morgan fingerprint density at radius 3 is 2.64 bits per heavy atom. The van der Waals surface area contributed by atoms with E-state index in [1.54, 1.807) is 6.07 Å². The average molecular weight is 374 g/mol. The van der Waals surface area contributed by atoms with E-state index in [0.717, 1.165) is 43.6 Å². The third kappa shape index (κ3) is 4.55. The number of aromatic nitrogens is 1. The summed E-state index contributed by atoms with van der Waals surface area (Å²) >= 11 is 0. The van der Waals surface area contributed by atoms with E-state index in [2.05, 4.69) is 51.4 Å². The highest BCUT2D eigenvalue weighted by molar-refractivity contribution is 5.95. The molecule has 1 aliphatic rings. The zero-order valence-electron chi connectivity index (χ0n) is 16.2. The largest absolute Gasteiger partial charge is 0.345 e. The minimum atomic E-state index is -0.106. The van der Waals surface area contributed by atoms with Crippen LogP contribution < -0.4 is 5.32 Å². The van der Waals surface area contributed by atoms with Crippen molar-refractivity contribution in [3.63, 3.8) is 0 Å². The van der Waals surface area contributed by atoms with E-state index in [4.69, 9.17) is 0 Å². The maximum atomic E-state index is 12.8. The van der Waals surface area contributed by atoms with Crippen molar-refractivity contribution in [1.29, 1.82) is 0 Å². The van der Waals surface area contributed by atoms with Gasteiger partial charge in [-0.15, -0.1) is 0 Å². The lowest BCUT2D eigenvalue weighted by Crippen LogP contribution is -2.46. The number of hydrogen-bond donors (Lipinski definition) is 1. The molecule has 0 radical (unpaired) electrons. The van der Waals surface area contributed by atoms with Crippen LogP contribution >= 0.6 is 0 Å². The second-order valence-corrected chi connectivity index (χ2v) is 7.54. The molecule has 0 spiro atoms. The maximum absolute atomic E-state index is 12.8. The van der Waals surface area contributed by atoms with E-state index < -0.39 is 0 Å². The number of pyridine rings is 1. The van der Waals surface area contributed by atoms with Gasteiger partial charge in [-0.1, -0.05) is 54.6 Å². The van der Waals surface area contributed by atoms with Gasteiger partial charge in [0, 0.05) is 38.1 Å². The topological polar surface area (TPSA) is 48.5 Å². The lowest BCUT2D eigenvalue weighted by atomic mass is 10.2. The summed E-state index contributed by atoms with van der Waals surface area (Å²) in [5, 5.41) is 4.25. The molecule has 1 aliphatic heterocycles. The minimum absolute atomic E-state index is 0.0667. The van der Waals surface area contributed by atoms with Gasteiger partial charge in [-0.05, 0) is 24.7 Å². The van der Waals surface area contributed by atoms with Crippen molar-refractivity contribution >= 4 is 16.8 Å². The number of rotatable bonds is 4. The molecule has 0 bridgehead atoms. The maximum Gasteiger partial charge on any atom is 0.270 e. The monoisotopic (exact) mass is 374 g/mol. The second-order valence-electron chi connectivity index (χ2n) is 7.54. The third-order valence-electron chi connectivity index (χ3n) is 5.22. The van der Waals surface area contributed by atoms with E-state index in [9.17, 15) is 4.79 Å². The van der Waals surface area contributed by atoms with Crippen LogP contribution in [0.3, 0.4) is 0 Å². The number of nitrogens with zero attached hydrogens (tertiary/aromatic N) is 3. The summed E-state index contributed by atoms with van der Waals surface area (Å²) in [5.41, 5.74) is 2.62. The number of hydrogen-bond acceptors (Lipinski definition) is 4. The number of benzene rings is 2. The van der Waals surface area contributed by atoms with Crippen molar-refractivity contribution in [3.8, 4) is 0 Å². The SMILES string of the molecule is CN1CCN(Cc2ccccc2)CC(NC(=O)c2ccc3ccccc3n2)C1. The van der Waals surface area contributed by atoms with Crippen LogP contribution in [-0.4, -0.2) is 60.0 Å². The van der Waals surface area contributed by atoms with E-state index in [0.29, 0.717) is 5.69 Å². The van der Waals surface area contributed by atoms with Crippen LogP contribution in [0.25, 0.3) is 10.9 Å². The molecule has 1 atom stereocenters. The number of carbonyl (C=O) groups is 1. The van der Waals surface area contributed by atoms with Crippen molar-refractivity contribution in [2.75, 3.05) is 33.2 Å². The Balaban J connectivity index is 1.45. The normalized spacial score (nSPS) is 18.7. The van der Waals surface area contributed by atoms with Crippen LogP contribution in [0.15, 0.2) is 66.7 Å². The highest BCUT2D eigenvalue weighted by Crippen LogP contribution is 2.13. The van der Waals surface area contributed by atoms with Crippen LogP contribution in [0.4, 0.5) is 0 Å². The molecule has 5 nitrogen and oxygen atoms in total. The molecule has 2 heterocycles. The van der Waals surface area contributed by atoms with Crippen LogP contribution in [-0.2, 0) is 6.54 Å². The zero-order chi connectivity index (χ0) is 19.3. The van der Waals surface area contributed by atoms with E-state index >= 15 is 0 Å². The quantitative estimate of drug-likeness (QED) is 0.763. The molecule has 1 aromatic heterocycles. The van der Waals surface area contributed by atoms with Gasteiger partial charge < -0.3 is 10.2 Å². The first-order valence-corrected chi connectivity index (χ1v) is 9.79. The molecule has 3 aromatic rings. The summed E-state index contributed by atoms with van der Waals surface area (Å²) in [6.45, 7) is 4.55. The zero-order valence-corrected chi connectivity index (χ0v) is 16.2. The second kappa shape index (κ2) is 8.50. The highest BCUT2D eigenvalue weighted by Gasteiger charge is 2.23. The van der Waals surface area contributed by atoms with Crippen LogP contribution in [0.5, 0.6) is 0 Å². The van der Waals surface area contributed by atoms with Crippen molar-refractivity contribution in [1.82, 2.24) is 20.1 Å². The van der Waals surface area contributed by atoms with Gasteiger partial charge in [0.05, 0.1) is 11.6 Å². The summed E-state index contributed by atoms with van der Waals surface area (Å²) in [6.07, 6.45) is 0. The Bertz CT molecular complexity index is 943. The van der Waals surface area contributed by atoms with Crippen molar-refractivity contribution in [2.45, 2.75) is 12.6 Å². The molecule has 1 fully saturated rings. The molecule has 1 amide bonds. The highest BCUT2D eigenvalue weighted by atomic mass is 16.2. The first-order valence-electron chi connectivity index (χ1n) is 9.79. The number of likely N-dealkylation sites (N-methyl/N-ethyl adjacent to an activating group) is 1. The Labute approximate surface area is 166 Å². The predicted octanol–water partition coefficient (Wildman–Crippen LogP) is 2.78. The number of carbonyl (C=O) groups excluding carboxylic acids is 1.